The second kappa shape index (κ2) is 9.64. The van der Waals surface area contributed by atoms with Crippen LogP contribution in [0.1, 0.15) is 23.0 Å². The fourth-order valence-corrected chi connectivity index (χ4v) is 4.70. The average molecular weight is 530 g/mol. The van der Waals surface area contributed by atoms with Gasteiger partial charge in [0.05, 0.1) is 32.9 Å². The van der Waals surface area contributed by atoms with E-state index in [0.717, 1.165) is 5.56 Å². The summed E-state index contributed by atoms with van der Waals surface area (Å²) in [7, 11) is 0. The number of rotatable bonds is 6. The van der Waals surface area contributed by atoms with Gasteiger partial charge < -0.3 is 10.2 Å². The third kappa shape index (κ3) is 4.35. The topological polar surface area (TPSA) is 99.2 Å². The lowest BCUT2D eigenvalue weighted by Gasteiger charge is -2.16. The predicted molar refractivity (Wildman–Crippen MR) is 137 cm³/mol. The number of tetrazole rings is 1. The summed E-state index contributed by atoms with van der Waals surface area (Å²) in [6.07, 6.45) is 3.07. The van der Waals surface area contributed by atoms with Gasteiger partial charge in [-0.1, -0.05) is 41.9 Å². The Morgan fingerprint density at radius 2 is 1.87 bits per heavy atom. The van der Waals surface area contributed by atoms with Crippen molar-refractivity contribution in [2.75, 3.05) is 0 Å². The zero-order valence-corrected chi connectivity index (χ0v) is 20.3. The van der Waals surface area contributed by atoms with Crippen molar-refractivity contribution in [3.8, 4) is 16.8 Å². The summed E-state index contributed by atoms with van der Waals surface area (Å²) in [5.41, 5.74) is 3.17. The second-order valence-corrected chi connectivity index (χ2v) is 9.11. The van der Waals surface area contributed by atoms with Gasteiger partial charge in [0.15, 0.2) is 12.0 Å². The van der Waals surface area contributed by atoms with Gasteiger partial charge in [-0.25, -0.2) is 13.8 Å². The molecule has 6 aromatic rings. The highest BCUT2D eigenvalue weighted by molar-refractivity contribution is 6.31. The number of imidazole rings is 1. The van der Waals surface area contributed by atoms with E-state index in [1.54, 1.807) is 24.3 Å². The third-order valence-corrected chi connectivity index (χ3v) is 6.63. The van der Waals surface area contributed by atoms with Crippen molar-refractivity contribution < 1.29 is 13.5 Å². The molecule has 3 aromatic carbocycles. The van der Waals surface area contributed by atoms with Crippen molar-refractivity contribution >= 4 is 22.6 Å². The van der Waals surface area contributed by atoms with Crippen LogP contribution < -0.4 is 4.73 Å². The van der Waals surface area contributed by atoms with Gasteiger partial charge in [0.2, 0.25) is 5.69 Å². The van der Waals surface area contributed by atoms with E-state index in [1.807, 2.05) is 30.3 Å². The monoisotopic (exact) mass is 529 g/mol. The van der Waals surface area contributed by atoms with Crippen LogP contribution in [-0.4, -0.2) is 30.2 Å². The Hall–Kier alpha value is -4.70. The molecule has 6 rings (SSSR count). The number of halogens is 3. The Morgan fingerprint density at radius 1 is 1.03 bits per heavy atom. The molecule has 0 aliphatic heterocycles. The van der Waals surface area contributed by atoms with Crippen molar-refractivity contribution in [3.63, 3.8) is 0 Å². The average Bonchev–Trinajstić information content (AvgIpc) is 3.60. The van der Waals surface area contributed by atoms with E-state index < -0.39 is 17.6 Å². The first-order valence-electron chi connectivity index (χ1n) is 11.6. The molecule has 0 radical (unpaired) electrons. The van der Waals surface area contributed by atoms with Crippen LogP contribution in [0.15, 0.2) is 85.3 Å². The number of hydrogen-bond acceptors (Lipinski definition) is 5. The molecule has 0 amide bonds. The minimum absolute atomic E-state index is 0.0831. The molecule has 0 aliphatic carbocycles. The summed E-state index contributed by atoms with van der Waals surface area (Å²) >= 11 is 6.08. The summed E-state index contributed by atoms with van der Waals surface area (Å²) in [5.74, 6) is -1.08. The van der Waals surface area contributed by atoms with Crippen molar-refractivity contribution in [1.82, 2.24) is 30.2 Å². The van der Waals surface area contributed by atoms with E-state index in [9.17, 15) is 9.60 Å². The van der Waals surface area contributed by atoms with E-state index in [1.165, 1.54) is 35.4 Å². The minimum Gasteiger partial charge on any atom is -0.618 e. The van der Waals surface area contributed by atoms with E-state index >= 15 is 4.39 Å². The van der Waals surface area contributed by atoms with Crippen LogP contribution in [0, 0.1) is 16.8 Å². The molecule has 1 atom stereocenters. The zero-order valence-electron chi connectivity index (χ0n) is 19.6. The maximum absolute atomic E-state index is 15.3. The SMILES string of the molecule is [O-][n+]1cc(-c2c(-n3cnnn3)ccc(Cl)c2F)ccc1[C@@H](Cc1ccccc1)c1nc2ccc(F)cc2[nH]1. The fraction of sp³-hybridized carbons (Fsp3) is 0.0741. The molecule has 3 aromatic heterocycles. The number of benzene rings is 3. The highest BCUT2D eigenvalue weighted by Gasteiger charge is 2.27. The number of aromatic nitrogens is 7. The van der Waals surface area contributed by atoms with Gasteiger partial charge in [0.1, 0.15) is 23.9 Å². The van der Waals surface area contributed by atoms with E-state index in [-0.39, 0.29) is 10.6 Å². The number of hydrogen-bond donors (Lipinski definition) is 1. The normalized spacial score (nSPS) is 12.2. The Kier molecular flexibility index (Phi) is 6.01. The number of H-pyrrole nitrogens is 1. The lowest BCUT2D eigenvalue weighted by Crippen LogP contribution is -2.34. The molecule has 0 saturated heterocycles. The molecular weight excluding hydrogens is 512 g/mol. The molecule has 1 N–H and O–H groups in total. The van der Waals surface area contributed by atoms with Crippen LogP contribution in [0.4, 0.5) is 8.78 Å². The second-order valence-electron chi connectivity index (χ2n) is 8.70. The van der Waals surface area contributed by atoms with Crippen molar-refractivity contribution in [2.45, 2.75) is 12.3 Å². The fourth-order valence-electron chi connectivity index (χ4n) is 4.55. The summed E-state index contributed by atoms with van der Waals surface area (Å²) < 4.78 is 31.1. The van der Waals surface area contributed by atoms with Crippen LogP contribution in [0.25, 0.3) is 27.8 Å². The van der Waals surface area contributed by atoms with E-state index in [0.29, 0.717) is 45.0 Å². The number of nitrogens with one attached hydrogen (secondary N) is 1. The van der Waals surface area contributed by atoms with Gasteiger partial charge >= 0.3 is 0 Å². The molecule has 11 heteroatoms. The molecule has 0 saturated carbocycles. The van der Waals surface area contributed by atoms with Crippen LogP contribution >= 0.6 is 11.6 Å². The van der Waals surface area contributed by atoms with Crippen molar-refractivity contribution in [1.29, 1.82) is 0 Å². The maximum atomic E-state index is 15.3. The van der Waals surface area contributed by atoms with Gasteiger partial charge in [0, 0.05) is 6.07 Å². The summed E-state index contributed by atoms with van der Waals surface area (Å²) in [4.78, 5) is 7.81. The highest BCUT2D eigenvalue weighted by Crippen LogP contribution is 2.34. The van der Waals surface area contributed by atoms with E-state index in [4.69, 9.17) is 11.6 Å². The summed E-state index contributed by atoms with van der Waals surface area (Å²) in [5, 5.41) is 24.5. The number of pyridine rings is 1. The quantitative estimate of drug-likeness (QED) is 0.238. The molecule has 3 heterocycles. The first-order chi connectivity index (χ1) is 18.5. The van der Waals surface area contributed by atoms with Gasteiger partial charge in [-0.3, -0.25) is 0 Å². The maximum Gasteiger partial charge on any atom is 0.203 e. The number of aromatic amines is 1. The molecule has 38 heavy (non-hydrogen) atoms. The van der Waals surface area contributed by atoms with Crippen LogP contribution in [0.5, 0.6) is 0 Å². The largest absolute Gasteiger partial charge is 0.618 e. The van der Waals surface area contributed by atoms with Gasteiger partial charge in [-0.05, 0) is 58.8 Å². The molecule has 0 fully saturated rings. The minimum atomic E-state index is -0.701. The Labute approximate surface area is 219 Å². The summed E-state index contributed by atoms with van der Waals surface area (Å²) in [6.45, 7) is 0. The van der Waals surface area contributed by atoms with Crippen LogP contribution in [0.2, 0.25) is 5.02 Å². The Balaban J connectivity index is 1.47. The lowest BCUT2D eigenvalue weighted by molar-refractivity contribution is -0.614. The third-order valence-electron chi connectivity index (χ3n) is 6.33. The highest BCUT2D eigenvalue weighted by atomic mass is 35.5. The lowest BCUT2D eigenvalue weighted by atomic mass is 9.94. The summed E-state index contributed by atoms with van der Waals surface area (Å²) in [6, 6.07) is 20.2. The molecule has 188 valence electrons. The Bertz CT molecular complexity index is 1760. The number of nitrogens with zero attached hydrogens (tertiary/aromatic N) is 6. The Morgan fingerprint density at radius 3 is 2.63 bits per heavy atom. The zero-order chi connectivity index (χ0) is 26.2. The van der Waals surface area contributed by atoms with Crippen LogP contribution in [0.3, 0.4) is 0 Å². The van der Waals surface area contributed by atoms with E-state index in [2.05, 4.69) is 25.5 Å². The van der Waals surface area contributed by atoms with Gasteiger partial charge in [0.25, 0.3) is 0 Å². The first-order valence-corrected chi connectivity index (χ1v) is 12.0. The smallest absolute Gasteiger partial charge is 0.203 e. The molecule has 0 aliphatic rings. The van der Waals surface area contributed by atoms with Crippen molar-refractivity contribution in [2.24, 2.45) is 0 Å². The predicted octanol–water partition coefficient (Wildman–Crippen LogP) is 5.15. The molecule has 0 spiro atoms. The molecule has 0 unspecified atom stereocenters. The molecular formula is C27H18ClF2N7O. The van der Waals surface area contributed by atoms with Crippen molar-refractivity contribution in [3.05, 3.63) is 124 Å². The standard InChI is InChI=1S/C27H18ClF2N7O/c28-20-8-11-24(36-15-31-34-35-36)25(26(20)30)17-6-10-23(37(38)14-17)19(12-16-4-2-1-3-5-16)27-32-21-9-7-18(29)13-22(21)33-27/h1-11,13-15,19H,12H2,(H,32,33)/t19-/m1/s1. The van der Waals surface area contributed by atoms with Gasteiger partial charge in [-0.2, -0.15) is 9.41 Å². The van der Waals surface area contributed by atoms with Crippen LogP contribution in [-0.2, 0) is 6.42 Å². The first kappa shape index (κ1) is 23.7. The molecule has 0 bridgehead atoms. The molecule has 8 nitrogen and oxygen atoms in total. The van der Waals surface area contributed by atoms with Gasteiger partial charge in [-0.15, -0.1) is 5.10 Å². The number of fused-ring (bicyclic) bond motifs is 1.